The molecule has 0 saturated carbocycles. The number of unbranched alkanes of at least 4 members (excludes halogenated alkanes) is 1. The summed E-state index contributed by atoms with van der Waals surface area (Å²) < 4.78 is 16.5. The van der Waals surface area contributed by atoms with Gasteiger partial charge in [-0.15, -0.1) is 6.58 Å². The summed E-state index contributed by atoms with van der Waals surface area (Å²) in [4.78, 5) is 0. The zero-order valence-electron chi connectivity index (χ0n) is 9.53. The molecule has 1 atom stereocenters. The second-order valence-electron chi connectivity index (χ2n) is 3.26. The van der Waals surface area contributed by atoms with Crippen molar-refractivity contribution >= 4 is 15.9 Å². The Morgan fingerprint density at radius 1 is 1.62 bits per heavy atom. The number of nitrogens with zero attached hydrogens (tertiary/aromatic N) is 1. The molecular weight excluding hydrogens is 274 g/mol. The van der Waals surface area contributed by atoms with E-state index in [-0.39, 0.29) is 6.10 Å². The van der Waals surface area contributed by atoms with E-state index in [1.165, 1.54) is 0 Å². The van der Waals surface area contributed by atoms with E-state index in [4.69, 9.17) is 14.0 Å². The highest BCUT2D eigenvalue weighted by Gasteiger charge is 2.21. The molecule has 0 saturated heterocycles. The van der Waals surface area contributed by atoms with E-state index >= 15 is 0 Å². The summed E-state index contributed by atoms with van der Waals surface area (Å²) in [6.07, 6.45) is 3.39. The molecule has 90 valence electrons. The summed E-state index contributed by atoms with van der Waals surface area (Å²) in [5.74, 6) is 1.04. The van der Waals surface area contributed by atoms with E-state index in [1.54, 1.807) is 13.2 Å². The maximum absolute atomic E-state index is 5.46. The summed E-state index contributed by atoms with van der Waals surface area (Å²) in [5, 5.41) is 3.83. The Kier molecular flexibility index (Phi) is 5.55. The number of aromatic nitrogens is 1. The summed E-state index contributed by atoms with van der Waals surface area (Å²) in [7, 11) is 1.58. The van der Waals surface area contributed by atoms with Gasteiger partial charge >= 0.3 is 0 Å². The molecule has 0 amide bonds. The molecule has 0 spiro atoms. The third-order valence-electron chi connectivity index (χ3n) is 2.09. The number of ether oxygens (including phenoxy) is 2. The quantitative estimate of drug-likeness (QED) is 0.569. The standard InChI is InChI=1S/C11H16BrNO3/c1-4-6-7-15-11-9(12)10(16-13-11)8(5-2)14-3/h5,8H,2,4,6-7H2,1,3H3/t8-/m1/s1. The van der Waals surface area contributed by atoms with Crippen LogP contribution < -0.4 is 4.74 Å². The summed E-state index contributed by atoms with van der Waals surface area (Å²) in [6.45, 7) is 6.39. The molecule has 0 radical (unpaired) electrons. The van der Waals surface area contributed by atoms with Crippen LogP contribution in [0.25, 0.3) is 0 Å². The fourth-order valence-corrected chi connectivity index (χ4v) is 1.65. The summed E-state index contributed by atoms with van der Waals surface area (Å²) in [5.41, 5.74) is 0. The first-order valence-corrected chi connectivity index (χ1v) is 5.97. The Labute approximate surface area is 104 Å². The van der Waals surface area contributed by atoms with Crippen molar-refractivity contribution in [2.75, 3.05) is 13.7 Å². The molecule has 0 aliphatic rings. The molecule has 16 heavy (non-hydrogen) atoms. The van der Waals surface area contributed by atoms with Gasteiger partial charge in [-0.25, -0.2) is 0 Å². The first-order valence-electron chi connectivity index (χ1n) is 5.17. The van der Waals surface area contributed by atoms with Gasteiger partial charge in [0.05, 0.1) is 6.61 Å². The van der Waals surface area contributed by atoms with Gasteiger partial charge in [0, 0.05) is 7.11 Å². The van der Waals surface area contributed by atoms with Gasteiger partial charge in [-0.2, -0.15) is 0 Å². The molecule has 4 nitrogen and oxygen atoms in total. The minimum atomic E-state index is -0.314. The number of rotatable bonds is 7. The average molecular weight is 290 g/mol. The van der Waals surface area contributed by atoms with Crippen LogP contribution in [0.4, 0.5) is 0 Å². The lowest BCUT2D eigenvalue weighted by atomic mass is 10.3. The lowest BCUT2D eigenvalue weighted by Crippen LogP contribution is -1.98. The van der Waals surface area contributed by atoms with Crippen molar-refractivity contribution in [1.29, 1.82) is 0 Å². The van der Waals surface area contributed by atoms with Crippen LogP contribution in [0.5, 0.6) is 5.88 Å². The van der Waals surface area contributed by atoms with E-state index in [2.05, 4.69) is 34.6 Å². The molecular formula is C11H16BrNO3. The molecule has 0 N–H and O–H groups in total. The van der Waals surface area contributed by atoms with Crippen LogP contribution in [0.1, 0.15) is 31.6 Å². The van der Waals surface area contributed by atoms with Gasteiger partial charge in [0.2, 0.25) is 0 Å². The maximum Gasteiger partial charge on any atom is 0.269 e. The molecule has 1 heterocycles. The highest BCUT2D eigenvalue weighted by molar-refractivity contribution is 9.10. The van der Waals surface area contributed by atoms with Crippen molar-refractivity contribution in [2.24, 2.45) is 0 Å². The predicted molar refractivity (Wildman–Crippen MR) is 64.6 cm³/mol. The van der Waals surface area contributed by atoms with Crippen molar-refractivity contribution < 1.29 is 14.0 Å². The summed E-state index contributed by atoms with van der Waals surface area (Å²) >= 11 is 3.38. The predicted octanol–water partition coefficient (Wildman–Crippen LogP) is 3.49. The van der Waals surface area contributed by atoms with Crippen molar-refractivity contribution in [3.63, 3.8) is 0 Å². The molecule has 0 aromatic carbocycles. The molecule has 1 rings (SSSR count). The maximum atomic E-state index is 5.46. The first kappa shape index (κ1) is 13.3. The third-order valence-corrected chi connectivity index (χ3v) is 2.82. The lowest BCUT2D eigenvalue weighted by Gasteiger charge is -2.06. The van der Waals surface area contributed by atoms with Crippen molar-refractivity contribution in [2.45, 2.75) is 25.9 Å². The fourth-order valence-electron chi connectivity index (χ4n) is 1.17. The van der Waals surface area contributed by atoms with Crippen molar-refractivity contribution in [3.05, 3.63) is 22.9 Å². The minimum absolute atomic E-state index is 0.314. The topological polar surface area (TPSA) is 44.5 Å². The van der Waals surface area contributed by atoms with E-state index in [1.807, 2.05) is 0 Å². The van der Waals surface area contributed by atoms with Gasteiger partial charge in [-0.1, -0.05) is 19.4 Å². The lowest BCUT2D eigenvalue weighted by molar-refractivity contribution is 0.114. The Morgan fingerprint density at radius 3 is 2.94 bits per heavy atom. The molecule has 5 heteroatoms. The smallest absolute Gasteiger partial charge is 0.269 e. The molecule has 0 aliphatic heterocycles. The van der Waals surface area contributed by atoms with Crippen LogP contribution in [-0.4, -0.2) is 18.9 Å². The van der Waals surface area contributed by atoms with Crippen molar-refractivity contribution in [3.8, 4) is 5.88 Å². The van der Waals surface area contributed by atoms with Gasteiger partial charge in [-0.3, -0.25) is 0 Å². The van der Waals surface area contributed by atoms with Crippen LogP contribution in [0.3, 0.4) is 0 Å². The molecule has 1 aromatic rings. The van der Waals surface area contributed by atoms with E-state index in [9.17, 15) is 0 Å². The Bertz CT molecular complexity index is 338. The minimum Gasteiger partial charge on any atom is -0.475 e. The molecule has 0 aliphatic carbocycles. The third kappa shape index (κ3) is 3.09. The first-order chi connectivity index (χ1) is 7.74. The number of methoxy groups -OCH3 is 1. The zero-order chi connectivity index (χ0) is 12.0. The Hall–Kier alpha value is -0.810. The van der Waals surface area contributed by atoms with Crippen LogP contribution in [0.2, 0.25) is 0 Å². The number of halogens is 1. The van der Waals surface area contributed by atoms with Gasteiger partial charge in [-0.05, 0) is 27.5 Å². The SMILES string of the molecule is C=C[C@@H](OC)c1onc(OCCCC)c1Br. The Morgan fingerprint density at radius 2 is 2.38 bits per heavy atom. The van der Waals surface area contributed by atoms with E-state index < -0.39 is 0 Å². The fraction of sp³-hybridized carbons (Fsp3) is 0.545. The highest BCUT2D eigenvalue weighted by atomic mass is 79.9. The molecule has 0 fully saturated rings. The van der Waals surface area contributed by atoms with Crippen molar-refractivity contribution in [1.82, 2.24) is 5.16 Å². The van der Waals surface area contributed by atoms with Gasteiger partial charge in [0.25, 0.3) is 5.88 Å². The van der Waals surface area contributed by atoms with E-state index in [0.717, 1.165) is 12.8 Å². The van der Waals surface area contributed by atoms with Gasteiger partial charge in [0.15, 0.2) is 5.76 Å². The van der Waals surface area contributed by atoms with Gasteiger partial charge in [0.1, 0.15) is 10.6 Å². The second-order valence-corrected chi connectivity index (χ2v) is 4.05. The van der Waals surface area contributed by atoms with Crippen LogP contribution >= 0.6 is 15.9 Å². The number of hydrogen-bond acceptors (Lipinski definition) is 4. The van der Waals surface area contributed by atoms with Gasteiger partial charge < -0.3 is 14.0 Å². The van der Waals surface area contributed by atoms with Crippen LogP contribution in [-0.2, 0) is 4.74 Å². The summed E-state index contributed by atoms with van der Waals surface area (Å²) in [6, 6.07) is 0. The second kappa shape index (κ2) is 6.70. The van der Waals surface area contributed by atoms with Crippen LogP contribution in [0, 0.1) is 0 Å². The largest absolute Gasteiger partial charge is 0.475 e. The monoisotopic (exact) mass is 289 g/mol. The zero-order valence-corrected chi connectivity index (χ0v) is 11.1. The van der Waals surface area contributed by atoms with E-state index in [0.29, 0.717) is 22.7 Å². The average Bonchev–Trinajstić information content (AvgIpc) is 2.64. The molecule has 0 bridgehead atoms. The van der Waals surface area contributed by atoms with Crippen LogP contribution in [0.15, 0.2) is 21.7 Å². The number of hydrogen-bond donors (Lipinski definition) is 0. The molecule has 0 unspecified atom stereocenters. The highest BCUT2D eigenvalue weighted by Crippen LogP contribution is 2.33. The molecule has 1 aromatic heterocycles. The normalized spacial score (nSPS) is 12.4. The Balaban J connectivity index is 2.71.